The quantitative estimate of drug-likeness (QED) is 0.852. The minimum Gasteiger partial charge on any atom is -0.352 e. The number of hydrogen-bond donors (Lipinski definition) is 1. The number of rotatable bonds is 6. The van der Waals surface area contributed by atoms with E-state index in [0.29, 0.717) is 32.1 Å². The summed E-state index contributed by atoms with van der Waals surface area (Å²) in [4.78, 5) is 26.7. The van der Waals surface area contributed by atoms with Crippen molar-refractivity contribution in [1.82, 2.24) is 20.0 Å². The van der Waals surface area contributed by atoms with E-state index in [-0.39, 0.29) is 17.7 Å². The van der Waals surface area contributed by atoms with E-state index in [4.69, 9.17) is 0 Å². The third kappa shape index (κ3) is 4.38. The Morgan fingerprint density at radius 1 is 1.00 bits per heavy atom. The van der Waals surface area contributed by atoms with Gasteiger partial charge in [0.1, 0.15) is 0 Å². The van der Waals surface area contributed by atoms with Gasteiger partial charge in [-0.05, 0) is 42.9 Å². The average molecular weight is 366 g/mol. The Kier molecular flexibility index (Phi) is 5.23. The molecule has 2 fully saturated rings. The molecule has 0 radical (unpaired) electrons. The molecule has 1 N–H and O–H groups in total. The summed E-state index contributed by atoms with van der Waals surface area (Å²) in [5.74, 6) is 0.664. The summed E-state index contributed by atoms with van der Waals surface area (Å²) in [5, 5.41) is 7.35. The number of hydrogen-bond acceptors (Lipinski definition) is 3. The molecule has 0 atom stereocenters. The molecule has 0 bridgehead atoms. The Bertz CT molecular complexity index is 790. The van der Waals surface area contributed by atoms with Gasteiger partial charge in [-0.2, -0.15) is 5.10 Å². The molecule has 0 spiro atoms. The molecule has 1 aliphatic carbocycles. The number of benzene rings is 1. The maximum absolute atomic E-state index is 12.6. The summed E-state index contributed by atoms with van der Waals surface area (Å²) in [6, 6.07) is 10.0. The summed E-state index contributed by atoms with van der Waals surface area (Å²) in [6.45, 7) is 2.64. The first-order valence-electron chi connectivity index (χ1n) is 9.81. The fourth-order valence-corrected chi connectivity index (χ4v) is 3.73. The van der Waals surface area contributed by atoms with Crippen molar-refractivity contribution in [3.8, 4) is 0 Å². The SMILES string of the molecule is O=C(NCc1ccccc1Cn1cccn1)C1CCN(C(=O)C2CC2)CC1. The van der Waals surface area contributed by atoms with Gasteiger partial charge in [-0.15, -0.1) is 0 Å². The predicted molar refractivity (Wildman–Crippen MR) is 102 cm³/mol. The second-order valence-corrected chi connectivity index (χ2v) is 7.56. The van der Waals surface area contributed by atoms with Crippen molar-refractivity contribution in [3.05, 3.63) is 53.9 Å². The Morgan fingerprint density at radius 3 is 2.41 bits per heavy atom. The number of carbonyl (C=O) groups excluding carboxylic acids is 2. The number of nitrogens with one attached hydrogen (secondary N) is 1. The highest BCUT2D eigenvalue weighted by Crippen LogP contribution is 2.32. The molecule has 1 saturated heterocycles. The number of aromatic nitrogens is 2. The van der Waals surface area contributed by atoms with Crippen LogP contribution in [0.25, 0.3) is 0 Å². The van der Waals surface area contributed by atoms with Gasteiger partial charge in [0.25, 0.3) is 0 Å². The number of piperidine rings is 1. The molecule has 1 aliphatic heterocycles. The summed E-state index contributed by atoms with van der Waals surface area (Å²) in [6.07, 6.45) is 7.31. The van der Waals surface area contributed by atoms with E-state index in [1.807, 2.05) is 34.0 Å². The maximum atomic E-state index is 12.6. The molecule has 2 heterocycles. The maximum Gasteiger partial charge on any atom is 0.225 e. The molecule has 142 valence electrons. The van der Waals surface area contributed by atoms with Crippen LogP contribution in [0.3, 0.4) is 0 Å². The van der Waals surface area contributed by atoms with E-state index in [1.54, 1.807) is 6.20 Å². The van der Waals surface area contributed by atoms with Crippen molar-refractivity contribution in [3.63, 3.8) is 0 Å². The first kappa shape index (κ1) is 17.8. The lowest BCUT2D eigenvalue weighted by Gasteiger charge is -2.31. The van der Waals surface area contributed by atoms with Crippen LogP contribution in [-0.4, -0.2) is 39.6 Å². The highest BCUT2D eigenvalue weighted by Gasteiger charge is 2.35. The van der Waals surface area contributed by atoms with Gasteiger partial charge in [0.2, 0.25) is 11.8 Å². The van der Waals surface area contributed by atoms with Crippen LogP contribution in [0.5, 0.6) is 0 Å². The van der Waals surface area contributed by atoms with Crippen LogP contribution in [0.1, 0.15) is 36.8 Å². The molecule has 4 rings (SSSR count). The van der Waals surface area contributed by atoms with E-state index >= 15 is 0 Å². The Labute approximate surface area is 159 Å². The van der Waals surface area contributed by atoms with Crippen LogP contribution in [0, 0.1) is 11.8 Å². The summed E-state index contributed by atoms with van der Waals surface area (Å²) in [5.41, 5.74) is 2.27. The number of carbonyl (C=O) groups is 2. The number of amides is 2. The molecule has 2 amide bonds. The van der Waals surface area contributed by atoms with Crippen molar-refractivity contribution >= 4 is 11.8 Å². The second kappa shape index (κ2) is 7.94. The third-order valence-electron chi connectivity index (χ3n) is 5.57. The van der Waals surface area contributed by atoms with Gasteiger partial charge >= 0.3 is 0 Å². The zero-order chi connectivity index (χ0) is 18.6. The average Bonchev–Trinajstić information content (AvgIpc) is 3.43. The van der Waals surface area contributed by atoms with Crippen LogP contribution < -0.4 is 5.32 Å². The zero-order valence-corrected chi connectivity index (χ0v) is 15.5. The molecule has 0 unspecified atom stereocenters. The van der Waals surface area contributed by atoms with E-state index in [9.17, 15) is 9.59 Å². The van der Waals surface area contributed by atoms with Gasteiger partial charge in [-0.3, -0.25) is 14.3 Å². The molecule has 6 heteroatoms. The number of likely N-dealkylation sites (tertiary alicyclic amines) is 1. The fraction of sp³-hybridized carbons (Fsp3) is 0.476. The van der Waals surface area contributed by atoms with Gasteiger partial charge in [0, 0.05) is 43.9 Å². The summed E-state index contributed by atoms with van der Waals surface area (Å²) < 4.78 is 1.88. The van der Waals surface area contributed by atoms with Gasteiger partial charge in [-0.25, -0.2) is 0 Å². The number of nitrogens with zero attached hydrogens (tertiary/aromatic N) is 3. The summed E-state index contributed by atoms with van der Waals surface area (Å²) >= 11 is 0. The first-order valence-corrected chi connectivity index (χ1v) is 9.81. The third-order valence-corrected chi connectivity index (χ3v) is 5.57. The smallest absolute Gasteiger partial charge is 0.225 e. The lowest BCUT2D eigenvalue weighted by molar-refractivity contribution is -0.136. The topological polar surface area (TPSA) is 67.2 Å². The molecule has 1 aromatic heterocycles. The van der Waals surface area contributed by atoms with Crippen molar-refractivity contribution in [2.75, 3.05) is 13.1 Å². The van der Waals surface area contributed by atoms with Crippen LogP contribution in [0.2, 0.25) is 0 Å². The normalized spacial score (nSPS) is 17.7. The Morgan fingerprint density at radius 2 is 1.74 bits per heavy atom. The second-order valence-electron chi connectivity index (χ2n) is 7.56. The van der Waals surface area contributed by atoms with E-state index in [1.165, 1.54) is 0 Å². The predicted octanol–water partition coefficient (Wildman–Crippen LogP) is 2.20. The molecular weight excluding hydrogens is 340 g/mol. The molecule has 1 saturated carbocycles. The molecule has 2 aliphatic rings. The van der Waals surface area contributed by atoms with Crippen LogP contribution in [0.15, 0.2) is 42.7 Å². The molecule has 6 nitrogen and oxygen atoms in total. The molecule has 27 heavy (non-hydrogen) atoms. The molecule has 2 aromatic rings. The highest BCUT2D eigenvalue weighted by atomic mass is 16.2. The minimum atomic E-state index is 0.00605. The van der Waals surface area contributed by atoms with Crippen LogP contribution >= 0.6 is 0 Å². The van der Waals surface area contributed by atoms with E-state index < -0.39 is 0 Å². The van der Waals surface area contributed by atoms with Crippen molar-refractivity contribution in [2.45, 2.75) is 38.8 Å². The Hall–Kier alpha value is -2.63. The van der Waals surface area contributed by atoms with Gasteiger partial charge in [0.05, 0.1) is 6.54 Å². The monoisotopic (exact) mass is 366 g/mol. The van der Waals surface area contributed by atoms with Gasteiger partial charge in [0.15, 0.2) is 0 Å². The standard InChI is InChI=1S/C21H26N4O2/c26-20(16-8-12-24(13-9-16)21(27)17-6-7-17)22-14-18-4-1-2-5-19(18)15-25-11-3-10-23-25/h1-5,10-11,16-17H,6-9,12-15H2,(H,22,26). The highest BCUT2D eigenvalue weighted by molar-refractivity contribution is 5.82. The van der Waals surface area contributed by atoms with Crippen molar-refractivity contribution in [2.24, 2.45) is 11.8 Å². The Balaban J connectivity index is 1.29. The van der Waals surface area contributed by atoms with Crippen molar-refractivity contribution < 1.29 is 9.59 Å². The molecular formula is C21H26N4O2. The van der Waals surface area contributed by atoms with E-state index in [0.717, 1.165) is 36.8 Å². The van der Waals surface area contributed by atoms with E-state index in [2.05, 4.69) is 22.5 Å². The largest absolute Gasteiger partial charge is 0.352 e. The lowest BCUT2D eigenvalue weighted by Crippen LogP contribution is -2.43. The first-order chi connectivity index (χ1) is 13.2. The van der Waals surface area contributed by atoms with Crippen molar-refractivity contribution in [1.29, 1.82) is 0 Å². The summed E-state index contributed by atoms with van der Waals surface area (Å²) in [7, 11) is 0. The molecule has 1 aromatic carbocycles. The van der Waals surface area contributed by atoms with Gasteiger partial charge < -0.3 is 10.2 Å². The van der Waals surface area contributed by atoms with Crippen LogP contribution in [0.4, 0.5) is 0 Å². The zero-order valence-electron chi connectivity index (χ0n) is 15.5. The van der Waals surface area contributed by atoms with Gasteiger partial charge in [-0.1, -0.05) is 24.3 Å². The minimum absolute atomic E-state index is 0.00605. The lowest BCUT2D eigenvalue weighted by atomic mass is 9.95. The fourth-order valence-electron chi connectivity index (χ4n) is 3.73. The van der Waals surface area contributed by atoms with Crippen LogP contribution in [-0.2, 0) is 22.7 Å².